The van der Waals surface area contributed by atoms with Crippen molar-refractivity contribution < 1.29 is 9.53 Å². The Kier molecular flexibility index (Phi) is 6.90. The zero-order chi connectivity index (χ0) is 26.0. The highest BCUT2D eigenvalue weighted by molar-refractivity contribution is 5.99. The molecule has 3 aromatic rings. The number of rotatable bonds is 7. The Morgan fingerprint density at radius 3 is 2.46 bits per heavy atom. The highest BCUT2D eigenvalue weighted by Crippen LogP contribution is 2.36. The van der Waals surface area contributed by atoms with Crippen LogP contribution in [0.25, 0.3) is 0 Å². The molecule has 2 aromatic heterocycles. The second kappa shape index (κ2) is 10.3. The molecule has 0 unspecified atom stereocenters. The maximum Gasteiger partial charge on any atom is 0.229 e. The van der Waals surface area contributed by atoms with Crippen LogP contribution >= 0.6 is 0 Å². The molecule has 0 radical (unpaired) electrons. The lowest BCUT2D eigenvalue weighted by Crippen LogP contribution is -2.44. The molecule has 37 heavy (non-hydrogen) atoms. The quantitative estimate of drug-likeness (QED) is 0.417. The van der Waals surface area contributed by atoms with Crippen LogP contribution in [0.2, 0.25) is 0 Å². The van der Waals surface area contributed by atoms with Gasteiger partial charge in [-0.05, 0) is 75.3 Å². The third-order valence-electron chi connectivity index (χ3n) is 7.55. The zero-order valence-corrected chi connectivity index (χ0v) is 21.6. The van der Waals surface area contributed by atoms with Gasteiger partial charge < -0.3 is 15.0 Å². The van der Waals surface area contributed by atoms with E-state index in [9.17, 15) is 4.79 Å². The molecule has 5 rings (SSSR count). The molecule has 1 aliphatic carbocycles. The highest BCUT2D eigenvalue weighted by Gasteiger charge is 2.37. The first kappa shape index (κ1) is 24.8. The Balaban J connectivity index is 1.35. The first-order valence-corrected chi connectivity index (χ1v) is 12.8. The molecule has 8 nitrogen and oxygen atoms in total. The van der Waals surface area contributed by atoms with Crippen LogP contribution in [0.4, 0.5) is 23.3 Å². The molecule has 1 N–H and O–H groups in total. The Bertz CT molecular complexity index is 1320. The molecule has 0 atom stereocenters. The van der Waals surface area contributed by atoms with E-state index in [1.807, 2.05) is 42.3 Å². The number of aromatic nitrogens is 3. The first-order valence-electron chi connectivity index (χ1n) is 12.8. The van der Waals surface area contributed by atoms with Gasteiger partial charge in [0, 0.05) is 24.8 Å². The molecule has 1 saturated carbocycles. The van der Waals surface area contributed by atoms with Gasteiger partial charge in [-0.25, -0.2) is 9.97 Å². The van der Waals surface area contributed by atoms with Gasteiger partial charge in [0.2, 0.25) is 5.95 Å². The van der Waals surface area contributed by atoms with Gasteiger partial charge in [0.05, 0.1) is 36.0 Å². The van der Waals surface area contributed by atoms with E-state index in [-0.39, 0.29) is 17.1 Å². The van der Waals surface area contributed by atoms with Crippen molar-refractivity contribution in [3.05, 3.63) is 65.5 Å². The van der Waals surface area contributed by atoms with E-state index in [0.29, 0.717) is 42.3 Å². The van der Waals surface area contributed by atoms with Crippen molar-refractivity contribution in [3.63, 3.8) is 0 Å². The number of Topliss-reactive ketones (excluding diaryl/α,β-unsaturated/α-hetero) is 1. The molecule has 3 heterocycles. The number of ether oxygens (including phenoxy) is 1. The van der Waals surface area contributed by atoms with E-state index in [4.69, 9.17) is 20.0 Å². The SMILES string of the molecule is CC(=O)c1cnc(Nc2ccc(C3CCC(C#N)CC3)cc2)nc1N(C)c1cccc(C2(C)COC2)n1. The minimum atomic E-state index is -0.112. The molecule has 1 saturated heterocycles. The standard InChI is InChI=1S/C29H32N6O2/c1-19(36)24-16-31-28(32-23-13-11-22(12-14-23)21-9-7-20(15-30)8-10-21)34-27(24)35(3)26-6-4-5-25(33-26)29(2)17-37-18-29/h4-6,11-14,16,20-21H,7-10,17-18H2,1-3H3,(H,31,32,34). The van der Waals surface area contributed by atoms with Crippen LogP contribution in [0, 0.1) is 17.2 Å². The van der Waals surface area contributed by atoms with Crippen LogP contribution in [0.15, 0.2) is 48.7 Å². The summed E-state index contributed by atoms with van der Waals surface area (Å²) in [4.78, 5) is 28.2. The lowest BCUT2D eigenvalue weighted by atomic mass is 9.79. The lowest BCUT2D eigenvalue weighted by molar-refractivity contribution is -0.0520. The zero-order valence-electron chi connectivity index (χ0n) is 21.6. The molecule has 1 aromatic carbocycles. The average molecular weight is 497 g/mol. The van der Waals surface area contributed by atoms with Gasteiger partial charge in [0.1, 0.15) is 11.6 Å². The minimum Gasteiger partial charge on any atom is -0.379 e. The normalized spacial score (nSPS) is 20.4. The van der Waals surface area contributed by atoms with Crippen LogP contribution < -0.4 is 10.2 Å². The number of hydrogen-bond acceptors (Lipinski definition) is 8. The van der Waals surface area contributed by atoms with E-state index >= 15 is 0 Å². The Labute approximate surface area is 217 Å². The molecule has 0 spiro atoms. The number of carbonyl (C=O) groups is 1. The molecule has 1 aliphatic heterocycles. The van der Waals surface area contributed by atoms with Crippen molar-refractivity contribution in [1.29, 1.82) is 5.26 Å². The largest absolute Gasteiger partial charge is 0.379 e. The third kappa shape index (κ3) is 5.18. The second-order valence-corrected chi connectivity index (χ2v) is 10.4. The fraction of sp³-hybridized carbons (Fsp3) is 0.414. The molecular formula is C29H32N6O2. The average Bonchev–Trinajstić information content (AvgIpc) is 2.91. The van der Waals surface area contributed by atoms with Crippen LogP contribution in [0.1, 0.15) is 67.1 Å². The fourth-order valence-electron chi connectivity index (χ4n) is 5.07. The van der Waals surface area contributed by atoms with Crippen molar-refractivity contribution in [3.8, 4) is 6.07 Å². The van der Waals surface area contributed by atoms with Crippen molar-refractivity contribution in [2.45, 2.75) is 50.9 Å². The number of pyridine rings is 1. The maximum atomic E-state index is 12.4. The maximum absolute atomic E-state index is 12.4. The van der Waals surface area contributed by atoms with Crippen LogP contribution in [0.3, 0.4) is 0 Å². The number of ketones is 1. The number of hydrogen-bond donors (Lipinski definition) is 1. The lowest BCUT2D eigenvalue weighted by Gasteiger charge is -2.37. The van der Waals surface area contributed by atoms with Crippen molar-refractivity contribution >= 4 is 29.1 Å². The first-order chi connectivity index (χ1) is 17.9. The number of carbonyl (C=O) groups excluding carboxylic acids is 1. The van der Waals surface area contributed by atoms with Gasteiger partial charge in [-0.1, -0.05) is 18.2 Å². The summed E-state index contributed by atoms with van der Waals surface area (Å²) in [5.74, 6) is 2.20. The van der Waals surface area contributed by atoms with Gasteiger partial charge >= 0.3 is 0 Å². The van der Waals surface area contributed by atoms with Crippen LogP contribution in [0.5, 0.6) is 0 Å². The summed E-state index contributed by atoms with van der Waals surface area (Å²) in [5, 5.41) is 12.4. The molecule has 2 aliphatic rings. The molecule has 0 bridgehead atoms. The number of nitriles is 1. The van der Waals surface area contributed by atoms with Crippen molar-refractivity contribution in [2.24, 2.45) is 5.92 Å². The van der Waals surface area contributed by atoms with Gasteiger partial charge in [-0.15, -0.1) is 0 Å². The van der Waals surface area contributed by atoms with E-state index in [1.165, 1.54) is 12.5 Å². The van der Waals surface area contributed by atoms with E-state index in [0.717, 1.165) is 37.1 Å². The Hall–Kier alpha value is -3.83. The van der Waals surface area contributed by atoms with Crippen LogP contribution in [-0.4, -0.2) is 41.0 Å². The number of benzene rings is 1. The van der Waals surface area contributed by atoms with Gasteiger partial charge in [0.25, 0.3) is 0 Å². The smallest absolute Gasteiger partial charge is 0.229 e. The summed E-state index contributed by atoms with van der Waals surface area (Å²) in [6, 6.07) is 16.6. The number of nitrogens with zero attached hydrogens (tertiary/aromatic N) is 5. The van der Waals surface area contributed by atoms with Crippen molar-refractivity contribution in [1.82, 2.24) is 15.0 Å². The predicted molar refractivity (Wildman–Crippen MR) is 143 cm³/mol. The van der Waals surface area contributed by atoms with E-state index in [1.54, 1.807) is 6.20 Å². The topological polar surface area (TPSA) is 104 Å². The van der Waals surface area contributed by atoms with E-state index in [2.05, 4.69) is 35.4 Å². The van der Waals surface area contributed by atoms with E-state index < -0.39 is 0 Å². The summed E-state index contributed by atoms with van der Waals surface area (Å²) in [7, 11) is 1.86. The van der Waals surface area contributed by atoms with Gasteiger partial charge in [-0.3, -0.25) is 4.79 Å². The minimum absolute atomic E-state index is 0.0974. The van der Waals surface area contributed by atoms with Gasteiger partial charge in [-0.2, -0.15) is 10.2 Å². The third-order valence-corrected chi connectivity index (χ3v) is 7.55. The summed E-state index contributed by atoms with van der Waals surface area (Å²) >= 11 is 0. The van der Waals surface area contributed by atoms with Crippen molar-refractivity contribution in [2.75, 3.05) is 30.5 Å². The second-order valence-electron chi connectivity index (χ2n) is 10.4. The highest BCUT2D eigenvalue weighted by atomic mass is 16.5. The Morgan fingerprint density at radius 1 is 1.11 bits per heavy atom. The monoisotopic (exact) mass is 496 g/mol. The fourth-order valence-corrected chi connectivity index (χ4v) is 5.07. The predicted octanol–water partition coefficient (Wildman–Crippen LogP) is 5.67. The summed E-state index contributed by atoms with van der Waals surface area (Å²) in [5.41, 5.74) is 3.46. The number of nitrogens with one attached hydrogen (secondary N) is 1. The molecule has 8 heteroatoms. The Morgan fingerprint density at radius 2 is 1.84 bits per heavy atom. The molecular weight excluding hydrogens is 464 g/mol. The summed E-state index contributed by atoms with van der Waals surface area (Å²) < 4.78 is 5.41. The summed E-state index contributed by atoms with van der Waals surface area (Å²) in [6.07, 6.45) is 5.61. The summed E-state index contributed by atoms with van der Waals surface area (Å²) in [6.45, 7) is 4.95. The van der Waals surface area contributed by atoms with Crippen LogP contribution in [-0.2, 0) is 10.2 Å². The molecule has 0 amide bonds. The molecule has 190 valence electrons. The molecule has 2 fully saturated rings. The number of anilines is 4. The van der Waals surface area contributed by atoms with Gasteiger partial charge in [0.15, 0.2) is 5.78 Å².